The Morgan fingerprint density at radius 2 is 1.00 bits per heavy atom. The van der Waals surface area contributed by atoms with Crippen molar-refractivity contribution in [2.75, 3.05) is 7.11 Å². The summed E-state index contributed by atoms with van der Waals surface area (Å²) in [4.78, 5) is 0. The average Bonchev–Trinajstić information content (AvgIpc) is 2.90. The monoisotopic (exact) mass is 484 g/mol. The van der Waals surface area contributed by atoms with E-state index in [0.717, 1.165) is 0 Å². The topological polar surface area (TPSA) is 109 Å². The Kier molecular flexibility index (Phi) is 5.91. The third-order valence-electron chi connectivity index (χ3n) is 6.07. The fourth-order valence-electron chi connectivity index (χ4n) is 4.22. The second-order valence-corrected chi connectivity index (χ2v) is 8.36. The molecule has 182 valence electrons. The second kappa shape index (κ2) is 9.20. The van der Waals surface area contributed by atoms with Gasteiger partial charge in [-0.2, -0.15) is 0 Å². The summed E-state index contributed by atoms with van der Waals surface area (Å²) in [5, 5.41) is 39.5. The number of rotatable bonds is 5. The number of hydrogen-bond acceptors (Lipinski definition) is 7. The van der Waals surface area contributed by atoms with E-state index in [2.05, 4.69) is 0 Å². The lowest BCUT2D eigenvalue weighted by Crippen LogP contribution is -2.42. The van der Waals surface area contributed by atoms with E-state index in [-0.39, 0.29) is 23.0 Å². The van der Waals surface area contributed by atoms with Crippen molar-refractivity contribution in [2.24, 2.45) is 0 Å². The Labute approximate surface area is 207 Å². The van der Waals surface area contributed by atoms with Gasteiger partial charge in [-0.15, -0.1) is 0 Å². The second-order valence-electron chi connectivity index (χ2n) is 8.36. The first kappa shape index (κ1) is 23.1. The molecule has 1 aliphatic rings. The Morgan fingerprint density at radius 3 is 1.47 bits per heavy atom. The molecule has 0 aliphatic carbocycles. The summed E-state index contributed by atoms with van der Waals surface area (Å²) in [6.45, 7) is 0. The van der Waals surface area contributed by atoms with Crippen molar-refractivity contribution in [3.05, 3.63) is 119 Å². The van der Waals surface area contributed by atoms with Crippen LogP contribution in [0.15, 0.2) is 97.1 Å². The van der Waals surface area contributed by atoms with Crippen LogP contribution in [-0.4, -0.2) is 27.5 Å². The predicted octanol–water partition coefficient (Wildman–Crippen LogP) is 5.62. The first-order valence-corrected chi connectivity index (χ1v) is 11.2. The maximum absolute atomic E-state index is 9.90. The van der Waals surface area contributed by atoms with Crippen LogP contribution in [0.3, 0.4) is 0 Å². The Morgan fingerprint density at radius 1 is 0.583 bits per heavy atom. The van der Waals surface area contributed by atoms with Gasteiger partial charge in [-0.1, -0.05) is 12.1 Å². The first-order chi connectivity index (χ1) is 17.4. The molecule has 4 aromatic rings. The fraction of sp³-hybridized carbons (Fsp3) is 0.103. The third kappa shape index (κ3) is 4.16. The van der Waals surface area contributed by atoms with Gasteiger partial charge in [-0.05, 0) is 90.5 Å². The van der Waals surface area contributed by atoms with Gasteiger partial charge in [-0.3, -0.25) is 0 Å². The van der Waals surface area contributed by atoms with Crippen molar-refractivity contribution in [2.45, 2.75) is 11.9 Å². The van der Waals surface area contributed by atoms with E-state index in [1.54, 1.807) is 84.9 Å². The van der Waals surface area contributed by atoms with Crippen molar-refractivity contribution in [3.63, 3.8) is 0 Å². The van der Waals surface area contributed by atoms with Crippen LogP contribution in [0.1, 0.15) is 28.4 Å². The molecule has 7 nitrogen and oxygen atoms in total. The number of phenolic OH excluding ortho intramolecular Hbond substituents is 4. The summed E-state index contributed by atoms with van der Waals surface area (Å²) in [6.07, 6.45) is -0.836. The van der Waals surface area contributed by atoms with E-state index in [1.807, 2.05) is 0 Å². The van der Waals surface area contributed by atoms with Crippen molar-refractivity contribution >= 4 is 11.5 Å². The number of hydrogen-bond donors (Lipinski definition) is 4. The van der Waals surface area contributed by atoms with Gasteiger partial charge in [0, 0.05) is 23.8 Å². The van der Waals surface area contributed by atoms with Gasteiger partial charge in [0.15, 0.2) is 17.6 Å². The van der Waals surface area contributed by atoms with Crippen molar-refractivity contribution in [1.82, 2.24) is 0 Å². The largest absolute Gasteiger partial charge is 0.508 e. The zero-order chi connectivity index (χ0) is 25.3. The molecule has 0 saturated carbocycles. The normalized spacial score (nSPS) is 19.4. The van der Waals surface area contributed by atoms with E-state index in [1.165, 1.54) is 19.2 Å². The fourth-order valence-corrected chi connectivity index (χ4v) is 4.22. The highest BCUT2D eigenvalue weighted by atomic mass is 16.7. The van der Waals surface area contributed by atoms with Gasteiger partial charge in [0.1, 0.15) is 23.0 Å². The Hall–Kier alpha value is -4.62. The smallest absolute Gasteiger partial charge is 0.279 e. The Bertz CT molecular complexity index is 1380. The standard InChI is InChI=1S/C29H24O7/c1-34-29(21-8-16-25(33)17-9-21)28(20-6-14-24(32)15-7-20)35-26(18-2-10-22(30)11-3-18)27(36-29)19-4-12-23(31)13-5-19/h2-17,28,30-33H,1H3. The van der Waals surface area contributed by atoms with E-state index < -0.39 is 11.9 Å². The lowest BCUT2D eigenvalue weighted by molar-refractivity contribution is -0.260. The van der Waals surface area contributed by atoms with Crippen molar-refractivity contribution in [1.29, 1.82) is 0 Å². The highest BCUT2D eigenvalue weighted by molar-refractivity contribution is 5.85. The van der Waals surface area contributed by atoms with Crippen LogP contribution in [0.5, 0.6) is 23.0 Å². The summed E-state index contributed by atoms with van der Waals surface area (Å²) in [7, 11) is 1.50. The molecule has 4 aromatic carbocycles. The van der Waals surface area contributed by atoms with Crippen LogP contribution in [0.25, 0.3) is 11.5 Å². The highest BCUT2D eigenvalue weighted by Crippen LogP contribution is 2.52. The SMILES string of the molecule is COC1(c2ccc(O)cc2)OC(c2ccc(O)cc2)=C(c2ccc(O)cc2)OC1c1ccc(O)cc1. The summed E-state index contributed by atoms with van der Waals surface area (Å²) >= 11 is 0. The molecule has 1 aliphatic heterocycles. The lowest BCUT2D eigenvalue weighted by Gasteiger charge is -2.44. The van der Waals surface area contributed by atoms with Gasteiger partial charge >= 0.3 is 0 Å². The minimum Gasteiger partial charge on any atom is -0.508 e. The highest BCUT2D eigenvalue weighted by Gasteiger charge is 2.51. The molecule has 0 amide bonds. The van der Waals surface area contributed by atoms with Gasteiger partial charge in [0.2, 0.25) is 0 Å². The van der Waals surface area contributed by atoms with Crippen LogP contribution in [0, 0.1) is 0 Å². The molecule has 5 rings (SSSR count). The summed E-state index contributed by atoms with van der Waals surface area (Å²) in [5.41, 5.74) is 2.53. The number of benzene rings is 4. The van der Waals surface area contributed by atoms with Crippen LogP contribution in [0.2, 0.25) is 0 Å². The van der Waals surface area contributed by atoms with E-state index in [4.69, 9.17) is 14.2 Å². The first-order valence-electron chi connectivity index (χ1n) is 11.2. The van der Waals surface area contributed by atoms with Gasteiger partial charge in [0.25, 0.3) is 5.79 Å². The number of phenols is 4. The van der Waals surface area contributed by atoms with E-state index in [9.17, 15) is 20.4 Å². The van der Waals surface area contributed by atoms with Crippen molar-refractivity contribution < 1.29 is 34.6 Å². The molecule has 0 aromatic heterocycles. The minimum absolute atomic E-state index is 0.0852. The quantitative estimate of drug-likeness (QED) is 0.291. The lowest BCUT2D eigenvalue weighted by atomic mass is 9.91. The van der Waals surface area contributed by atoms with Crippen molar-refractivity contribution in [3.8, 4) is 23.0 Å². The maximum atomic E-state index is 9.90. The minimum atomic E-state index is -1.49. The van der Waals surface area contributed by atoms with Crippen LogP contribution in [0.4, 0.5) is 0 Å². The number of ether oxygens (including phenoxy) is 3. The molecule has 2 unspecified atom stereocenters. The van der Waals surface area contributed by atoms with Gasteiger partial charge in [0.05, 0.1) is 0 Å². The molecule has 7 heteroatoms. The zero-order valence-corrected chi connectivity index (χ0v) is 19.3. The van der Waals surface area contributed by atoms with Crippen LogP contribution >= 0.6 is 0 Å². The van der Waals surface area contributed by atoms with E-state index in [0.29, 0.717) is 33.8 Å². The molecule has 0 bridgehead atoms. The number of aromatic hydroxyl groups is 4. The Balaban J connectivity index is 1.76. The molecule has 4 N–H and O–H groups in total. The van der Waals surface area contributed by atoms with Gasteiger partial charge in [-0.25, -0.2) is 0 Å². The van der Waals surface area contributed by atoms with Crippen LogP contribution < -0.4 is 0 Å². The van der Waals surface area contributed by atoms with E-state index >= 15 is 0 Å². The number of methoxy groups -OCH3 is 1. The summed E-state index contributed by atoms with van der Waals surface area (Å²) in [6, 6.07) is 26.0. The molecular formula is C29H24O7. The molecule has 0 radical (unpaired) electrons. The molecule has 1 heterocycles. The molecule has 2 atom stereocenters. The van der Waals surface area contributed by atoms with Gasteiger partial charge < -0.3 is 34.6 Å². The summed E-state index contributed by atoms with van der Waals surface area (Å²) in [5.74, 6) is -0.355. The molecular weight excluding hydrogens is 460 g/mol. The zero-order valence-electron chi connectivity index (χ0n) is 19.3. The molecule has 0 fully saturated rings. The maximum Gasteiger partial charge on any atom is 0.279 e. The molecule has 0 saturated heterocycles. The average molecular weight is 485 g/mol. The molecule has 36 heavy (non-hydrogen) atoms. The third-order valence-corrected chi connectivity index (χ3v) is 6.07. The van der Waals surface area contributed by atoms with Crippen LogP contribution in [-0.2, 0) is 20.0 Å². The molecule has 0 spiro atoms. The predicted molar refractivity (Wildman–Crippen MR) is 133 cm³/mol. The summed E-state index contributed by atoms with van der Waals surface area (Å²) < 4.78 is 19.4.